The lowest BCUT2D eigenvalue weighted by Gasteiger charge is -2.30. The molecule has 0 saturated carbocycles. The van der Waals surface area contributed by atoms with E-state index >= 15 is 0 Å². The molecule has 1 aliphatic heterocycles. The van der Waals surface area contributed by atoms with Gasteiger partial charge in [-0.1, -0.05) is 37.6 Å². The highest BCUT2D eigenvalue weighted by Gasteiger charge is 2.34. The fourth-order valence-corrected chi connectivity index (χ4v) is 3.35. The third-order valence-electron chi connectivity index (χ3n) is 4.48. The van der Waals surface area contributed by atoms with Crippen molar-refractivity contribution in [1.29, 1.82) is 0 Å². The molecule has 0 bridgehead atoms. The van der Waals surface area contributed by atoms with Crippen molar-refractivity contribution in [3.63, 3.8) is 0 Å². The molecule has 1 N–H and O–H groups in total. The number of rotatable bonds is 6. The number of nitrogens with one attached hydrogen (secondary N) is 1. The molecular weight excluding hydrogens is 246 g/mol. The van der Waals surface area contributed by atoms with Gasteiger partial charge in [0.05, 0.1) is 6.10 Å². The molecule has 1 aliphatic rings. The molecule has 20 heavy (non-hydrogen) atoms. The van der Waals surface area contributed by atoms with Gasteiger partial charge in [-0.2, -0.15) is 0 Å². The van der Waals surface area contributed by atoms with Gasteiger partial charge in [0.15, 0.2) is 0 Å². The molecule has 0 spiro atoms. The molecule has 112 valence electrons. The highest BCUT2D eigenvalue weighted by molar-refractivity contribution is 5.33. The standard InChI is InChI=1S/C18H29NO/c1-5-10-19-18(15-9-11-20-17(15)6-2)16-12-13(3)7-8-14(16)4/h7-8,12,15,17-19H,5-6,9-11H2,1-4H3. The minimum Gasteiger partial charge on any atom is -0.378 e. The lowest BCUT2D eigenvalue weighted by atomic mass is 9.84. The lowest BCUT2D eigenvalue weighted by molar-refractivity contribution is 0.0773. The highest BCUT2D eigenvalue weighted by atomic mass is 16.5. The molecule has 2 rings (SSSR count). The molecule has 3 atom stereocenters. The monoisotopic (exact) mass is 275 g/mol. The summed E-state index contributed by atoms with van der Waals surface area (Å²) in [6.45, 7) is 10.9. The Morgan fingerprint density at radius 1 is 1.30 bits per heavy atom. The van der Waals surface area contributed by atoms with E-state index in [1.54, 1.807) is 0 Å². The Labute approximate surface area is 123 Å². The van der Waals surface area contributed by atoms with E-state index in [1.165, 1.54) is 29.5 Å². The Hall–Kier alpha value is -0.860. The predicted molar refractivity (Wildman–Crippen MR) is 85.1 cm³/mol. The van der Waals surface area contributed by atoms with Crippen LogP contribution in [0.15, 0.2) is 18.2 Å². The van der Waals surface area contributed by atoms with Crippen molar-refractivity contribution >= 4 is 0 Å². The zero-order valence-electron chi connectivity index (χ0n) is 13.4. The summed E-state index contributed by atoms with van der Waals surface area (Å²) in [6, 6.07) is 7.25. The molecule has 1 fully saturated rings. The molecule has 1 saturated heterocycles. The van der Waals surface area contributed by atoms with Crippen LogP contribution < -0.4 is 5.32 Å². The molecule has 1 aromatic rings. The van der Waals surface area contributed by atoms with E-state index in [2.05, 4.69) is 51.2 Å². The van der Waals surface area contributed by atoms with Crippen molar-refractivity contribution in [3.05, 3.63) is 34.9 Å². The fourth-order valence-electron chi connectivity index (χ4n) is 3.35. The first kappa shape index (κ1) is 15.5. The number of aryl methyl sites for hydroxylation is 2. The summed E-state index contributed by atoms with van der Waals surface area (Å²) in [5, 5.41) is 3.78. The molecule has 0 aromatic heterocycles. The van der Waals surface area contributed by atoms with Crippen molar-refractivity contribution in [3.8, 4) is 0 Å². The largest absolute Gasteiger partial charge is 0.378 e. The molecule has 1 heterocycles. The third kappa shape index (κ3) is 3.42. The molecule has 0 aliphatic carbocycles. The Bertz CT molecular complexity index is 429. The van der Waals surface area contributed by atoms with Crippen LogP contribution in [0.2, 0.25) is 0 Å². The summed E-state index contributed by atoms with van der Waals surface area (Å²) in [6.07, 6.45) is 3.86. The van der Waals surface area contributed by atoms with E-state index in [0.717, 1.165) is 19.6 Å². The Morgan fingerprint density at radius 3 is 2.80 bits per heavy atom. The maximum absolute atomic E-state index is 5.93. The van der Waals surface area contributed by atoms with Gasteiger partial charge in [0.2, 0.25) is 0 Å². The Balaban J connectivity index is 2.28. The second-order valence-corrected chi connectivity index (χ2v) is 6.06. The fraction of sp³-hybridized carbons (Fsp3) is 0.667. The van der Waals surface area contributed by atoms with E-state index < -0.39 is 0 Å². The predicted octanol–water partition coefficient (Wildman–Crippen LogP) is 4.16. The number of ether oxygens (including phenoxy) is 1. The maximum atomic E-state index is 5.93. The second kappa shape index (κ2) is 7.24. The van der Waals surface area contributed by atoms with Crippen LogP contribution >= 0.6 is 0 Å². The normalized spacial score (nSPS) is 24.0. The van der Waals surface area contributed by atoms with E-state index in [-0.39, 0.29) is 0 Å². The summed E-state index contributed by atoms with van der Waals surface area (Å²) in [5.74, 6) is 0.604. The maximum Gasteiger partial charge on any atom is 0.0619 e. The number of hydrogen-bond acceptors (Lipinski definition) is 2. The van der Waals surface area contributed by atoms with Crippen LogP contribution in [0.3, 0.4) is 0 Å². The van der Waals surface area contributed by atoms with E-state index in [4.69, 9.17) is 4.74 Å². The molecule has 0 radical (unpaired) electrons. The number of hydrogen-bond donors (Lipinski definition) is 1. The zero-order valence-corrected chi connectivity index (χ0v) is 13.4. The molecule has 2 nitrogen and oxygen atoms in total. The summed E-state index contributed by atoms with van der Waals surface area (Å²) in [7, 11) is 0. The van der Waals surface area contributed by atoms with Gasteiger partial charge in [-0.25, -0.2) is 0 Å². The third-order valence-corrected chi connectivity index (χ3v) is 4.48. The van der Waals surface area contributed by atoms with Crippen LogP contribution in [0.5, 0.6) is 0 Å². The van der Waals surface area contributed by atoms with Gasteiger partial charge in [-0.3, -0.25) is 0 Å². The number of benzene rings is 1. The molecule has 0 amide bonds. The van der Waals surface area contributed by atoms with Gasteiger partial charge in [-0.05, 0) is 50.8 Å². The quantitative estimate of drug-likeness (QED) is 0.841. The van der Waals surface area contributed by atoms with Crippen LogP contribution in [0.1, 0.15) is 55.8 Å². The van der Waals surface area contributed by atoms with Crippen molar-refractivity contribution in [2.24, 2.45) is 5.92 Å². The summed E-state index contributed by atoms with van der Waals surface area (Å²) < 4.78 is 5.93. The summed E-state index contributed by atoms with van der Waals surface area (Å²) >= 11 is 0. The van der Waals surface area contributed by atoms with Gasteiger partial charge >= 0.3 is 0 Å². The molecule has 3 unspecified atom stereocenters. The van der Waals surface area contributed by atoms with Crippen LogP contribution in [-0.4, -0.2) is 19.3 Å². The topological polar surface area (TPSA) is 21.3 Å². The van der Waals surface area contributed by atoms with Crippen LogP contribution in [0.25, 0.3) is 0 Å². The first-order valence-electron chi connectivity index (χ1n) is 8.09. The summed E-state index contributed by atoms with van der Waals surface area (Å²) in [4.78, 5) is 0. The van der Waals surface area contributed by atoms with Gasteiger partial charge in [0.25, 0.3) is 0 Å². The van der Waals surface area contributed by atoms with Gasteiger partial charge in [-0.15, -0.1) is 0 Å². The van der Waals surface area contributed by atoms with Gasteiger partial charge < -0.3 is 10.1 Å². The van der Waals surface area contributed by atoms with Crippen molar-refractivity contribution in [2.45, 2.75) is 59.1 Å². The second-order valence-electron chi connectivity index (χ2n) is 6.06. The first-order valence-corrected chi connectivity index (χ1v) is 8.09. The Morgan fingerprint density at radius 2 is 2.10 bits per heavy atom. The minimum atomic E-state index is 0.407. The van der Waals surface area contributed by atoms with Crippen molar-refractivity contribution < 1.29 is 4.74 Å². The highest BCUT2D eigenvalue weighted by Crippen LogP contribution is 2.36. The van der Waals surface area contributed by atoms with E-state index in [9.17, 15) is 0 Å². The van der Waals surface area contributed by atoms with Gasteiger partial charge in [0, 0.05) is 18.6 Å². The molecule has 2 heteroatoms. The van der Waals surface area contributed by atoms with Crippen LogP contribution in [0, 0.1) is 19.8 Å². The van der Waals surface area contributed by atoms with E-state index in [1.807, 2.05) is 0 Å². The lowest BCUT2D eigenvalue weighted by Crippen LogP contribution is -2.33. The van der Waals surface area contributed by atoms with Crippen LogP contribution in [0.4, 0.5) is 0 Å². The summed E-state index contributed by atoms with van der Waals surface area (Å²) in [5.41, 5.74) is 4.21. The molecular formula is C18H29NO. The SMILES string of the molecule is CCCNC(c1cc(C)ccc1C)C1CCOC1CC. The minimum absolute atomic E-state index is 0.407. The van der Waals surface area contributed by atoms with Gasteiger partial charge in [0.1, 0.15) is 0 Å². The van der Waals surface area contributed by atoms with E-state index in [0.29, 0.717) is 18.1 Å². The smallest absolute Gasteiger partial charge is 0.0619 e. The van der Waals surface area contributed by atoms with Crippen molar-refractivity contribution in [2.75, 3.05) is 13.2 Å². The van der Waals surface area contributed by atoms with Crippen molar-refractivity contribution in [1.82, 2.24) is 5.32 Å². The van der Waals surface area contributed by atoms with Crippen LogP contribution in [-0.2, 0) is 4.74 Å². The average Bonchev–Trinajstić information content (AvgIpc) is 2.91. The Kier molecular flexibility index (Phi) is 5.62. The average molecular weight is 275 g/mol. The zero-order chi connectivity index (χ0) is 14.5. The first-order chi connectivity index (χ1) is 9.67. The molecule has 1 aromatic carbocycles.